The molecule has 1 fully saturated rings. The molecule has 1 amide bonds. The molecule has 6 heteroatoms. The molecule has 6 nitrogen and oxygen atoms in total. The molecule has 1 aliphatic heterocycles. The molecule has 25 heavy (non-hydrogen) atoms. The summed E-state index contributed by atoms with van der Waals surface area (Å²) < 4.78 is 16.0. The Labute approximate surface area is 147 Å². The summed E-state index contributed by atoms with van der Waals surface area (Å²) in [6, 6.07) is 7.46. The molecule has 134 valence electrons. The fourth-order valence-corrected chi connectivity index (χ4v) is 3.34. The third kappa shape index (κ3) is 3.48. The van der Waals surface area contributed by atoms with Crippen LogP contribution < -0.4 is 9.47 Å². The first-order valence-corrected chi connectivity index (χ1v) is 8.68. The van der Waals surface area contributed by atoms with E-state index < -0.39 is 0 Å². The van der Waals surface area contributed by atoms with Gasteiger partial charge in [-0.05, 0) is 43.9 Å². The largest absolute Gasteiger partial charge is 0.493 e. The normalized spacial score (nSPS) is 17.4. The van der Waals surface area contributed by atoms with Crippen LogP contribution in [0.3, 0.4) is 0 Å². The second-order valence-electron chi connectivity index (χ2n) is 6.20. The molecule has 2 heterocycles. The minimum absolute atomic E-state index is 0.0537. The standard InChI is InChI=1S/C19H24N2O4/c1-4-14-7-5-6-10-21(14)19(22)15-12-17(25-20-15)13-8-9-16(23-2)18(11-13)24-3/h8-9,11-12,14H,4-7,10H2,1-3H3/t14-/m0/s1. The Morgan fingerprint density at radius 3 is 2.76 bits per heavy atom. The van der Waals surface area contributed by atoms with Crippen molar-refractivity contribution < 1.29 is 18.8 Å². The van der Waals surface area contributed by atoms with E-state index in [2.05, 4.69) is 12.1 Å². The summed E-state index contributed by atoms with van der Waals surface area (Å²) >= 11 is 0. The van der Waals surface area contributed by atoms with Gasteiger partial charge in [-0.15, -0.1) is 0 Å². The highest BCUT2D eigenvalue weighted by atomic mass is 16.5. The number of hydrogen-bond acceptors (Lipinski definition) is 5. The molecule has 0 N–H and O–H groups in total. The first-order valence-electron chi connectivity index (χ1n) is 8.68. The van der Waals surface area contributed by atoms with Crippen molar-refractivity contribution in [3.05, 3.63) is 30.0 Å². The molecule has 0 saturated carbocycles. The van der Waals surface area contributed by atoms with Gasteiger partial charge in [0.15, 0.2) is 23.0 Å². The van der Waals surface area contributed by atoms with E-state index in [9.17, 15) is 4.79 Å². The number of amides is 1. The highest BCUT2D eigenvalue weighted by molar-refractivity contribution is 5.93. The zero-order valence-electron chi connectivity index (χ0n) is 14.9. The predicted molar refractivity (Wildman–Crippen MR) is 94.0 cm³/mol. The van der Waals surface area contributed by atoms with E-state index in [1.807, 2.05) is 17.0 Å². The summed E-state index contributed by atoms with van der Waals surface area (Å²) in [6.45, 7) is 2.91. The third-order valence-electron chi connectivity index (χ3n) is 4.76. The SMILES string of the molecule is CC[C@H]1CCCCN1C(=O)c1cc(-c2ccc(OC)c(OC)c2)on1. The maximum atomic E-state index is 12.8. The van der Waals surface area contributed by atoms with Gasteiger partial charge in [0.25, 0.3) is 5.91 Å². The molecule has 1 aromatic heterocycles. The van der Waals surface area contributed by atoms with Crippen molar-refractivity contribution in [3.63, 3.8) is 0 Å². The minimum Gasteiger partial charge on any atom is -0.493 e. The molecule has 2 aromatic rings. The lowest BCUT2D eigenvalue weighted by Crippen LogP contribution is -2.43. The number of likely N-dealkylation sites (tertiary alicyclic amines) is 1. The van der Waals surface area contributed by atoms with Crippen molar-refractivity contribution >= 4 is 5.91 Å². The van der Waals surface area contributed by atoms with E-state index in [1.54, 1.807) is 26.4 Å². The van der Waals surface area contributed by atoms with Gasteiger partial charge in [-0.2, -0.15) is 0 Å². The number of methoxy groups -OCH3 is 2. The van der Waals surface area contributed by atoms with E-state index >= 15 is 0 Å². The lowest BCUT2D eigenvalue weighted by Gasteiger charge is -2.34. The van der Waals surface area contributed by atoms with E-state index in [-0.39, 0.29) is 5.91 Å². The van der Waals surface area contributed by atoms with Crippen molar-refractivity contribution in [1.82, 2.24) is 10.1 Å². The number of carbonyl (C=O) groups is 1. The van der Waals surface area contributed by atoms with Crippen molar-refractivity contribution in [2.45, 2.75) is 38.6 Å². The minimum atomic E-state index is -0.0537. The van der Waals surface area contributed by atoms with Crippen molar-refractivity contribution in [1.29, 1.82) is 0 Å². The van der Waals surface area contributed by atoms with Gasteiger partial charge in [-0.1, -0.05) is 12.1 Å². The summed E-state index contributed by atoms with van der Waals surface area (Å²) in [5, 5.41) is 4.00. The zero-order chi connectivity index (χ0) is 17.8. The van der Waals surface area contributed by atoms with Crippen LogP contribution in [0.4, 0.5) is 0 Å². The lowest BCUT2D eigenvalue weighted by atomic mass is 9.99. The number of nitrogens with zero attached hydrogens (tertiary/aromatic N) is 2. The Balaban J connectivity index is 1.83. The third-order valence-corrected chi connectivity index (χ3v) is 4.76. The topological polar surface area (TPSA) is 64.8 Å². The number of carbonyl (C=O) groups excluding carboxylic acids is 1. The van der Waals surface area contributed by atoms with E-state index in [0.29, 0.717) is 29.0 Å². The molecule has 1 aliphatic rings. The molecule has 0 bridgehead atoms. The van der Waals surface area contributed by atoms with Crippen LogP contribution in [0.15, 0.2) is 28.8 Å². The Hall–Kier alpha value is -2.50. The fraction of sp³-hybridized carbons (Fsp3) is 0.474. The Bertz CT molecular complexity index is 741. The smallest absolute Gasteiger partial charge is 0.276 e. The molecular weight excluding hydrogens is 320 g/mol. The summed E-state index contributed by atoms with van der Waals surface area (Å²) in [5.41, 5.74) is 1.14. The molecule has 0 spiro atoms. The van der Waals surface area contributed by atoms with Crippen LogP contribution in [0.25, 0.3) is 11.3 Å². The van der Waals surface area contributed by atoms with E-state index in [0.717, 1.165) is 31.4 Å². The number of benzene rings is 1. The summed E-state index contributed by atoms with van der Waals surface area (Å²) in [7, 11) is 3.17. The van der Waals surface area contributed by atoms with Crippen LogP contribution in [0.1, 0.15) is 43.1 Å². The van der Waals surface area contributed by atoms with Gasteiger partial charge in [-0.25, -0.2) is 0 Å². The van der Waals surface area contributed by atoms with Crippen molar-refractivity contribution in [2.24, 2.45) is 0 Å². The van der Waals surface area contributed by atoms with Gasteiger partial charge >= 0.3 is 0 Å². The van der Waals surface area contributed by atoms with Crippen LogP contribution in [-0.2, 0) is 0 Å². The quantitative estimate of drug-likeness (QED) is 0.826. The molecule has 0 radical (unpaired) electrons. The molecule has 1 aromatic carbocycles. The molecule has 0 aliphatic carbocycles. The molecular formula is C19H24N2O4. The average Bonchev–Trinajstić information content (AvgIpc) is 3.17. The van der Waals surface area contributed by atoms with Gasteiger partial charge in [0.2, 0.25) is 0 Å². The number of ether oxygens (including phenoxy) is 2. The molecule has 1 saturated heterocycles. The molecule has 3 rings (SSSR count). The Kier molecular flexibility index (Phi) is 5.26. The van der Waals surface area contributed by atoms with E-state index in [1.165, 1.54) is 6.42 Å². The monoisotopic (exact) mass is 344 g/mol. The maximum Gasteiger partial charge on any atom is 0.276 e. The summed E-state index contributed by atoms with van der Waals surface area (Å²) in [5.74, 6) is 1.73. The average molecular weight is 344 g/mol. The highest BCUT2D eigenvalue weighted by Gasteiger charge is 2.28. The first kappa shape index (κ1) is 17.3. The fourth-order valence-electron chi connectivity index (χ4n) is 3.34. The number of aromatic nitrogens is 1. The molecule has 1 atom stereocenters. The van der Waals surface area contributed by atoms with Gasteiger partial charge in [0, 0.05) is 24.2 Å². The number of hydrogen-bond donors (Lipinski definition) is 0. The van der Waals surface area contributed by atoms with Crippen molar-refractivity contribution in [2.75, 3.05) is 20.8 Å². The highest BCUT2D eigenvalue weighted by Crippen LogP contribution is 2.33. The van der Waals surface area contributed by atoms with Crippen molar-refractivity contribution in [3.8, 4) is 22.8 Å². The maximum absolute atomic E-state index is 12.8. The summed E-state index contributed by atoms with van der Waals surface area (Å²) in [4.78, 5) is 14.7. The predicted octanol–water partition coefficient (Wildman–Crippen LogP) is 3.76. The van der Waals surface area contributed by atoms with E-state index in [4.69, 9.17) is 14.0 Å². The van der Waals surface area contributed by atoms with Gasteiger partial charge in [0.1, 0.15) is 0 Å². The van der Waals surface area contributed by atoms with Crippen LogP contribution in [0.2, 0.25) is 0 Å². The molecule has 0 unspecified atom stereocenters. The van der Waals surface area contributed by atoms with Crippen LogP contribution in [0, 0.1) is 0 Å². The number of piperidine rings is 1. The summed E-state index contributed by atoms with van der Waals surface area (Å²) in [6.07, 6.45) is 4.25. The van der Waals surface area contributed by atoms with Gasteiger partial charge < -0.3 is 18.9 Å². The van der Waals surface area contributed by atoms with Gasteiger partial charge in [-0.3, -0.25) is 4.79 Å². The lowest BCUT2D eigenvalue weighted by molar-refractivity contribution is 0.0597. The van der Waals surface area contributed by atoms with Crippen LogP contribution in [0.5, 0.6) is 11.5 Å². The first-order chi connectivity index (χ1) is 12.2. The second kappa shape index (κ2) is 7.59. The van der Waals surface area contributed by atoms with Gasteiger partial charge in [0.05, 0.1) is 14.2 Å². The Morgan fingerprint density at radius 1 is 1.24 bits per heavy atom. The van der Waals surface area contributed by atoms with Crippen LogP contribution in [-0.4, -0.2) is 42.8 Å². The second-order valence-corrected chi connectivity index (χ2v) is 6.20. The zero-order valence-corrected chi connectivity index (χ0v) is 14.9. The Morgan fingerprint density at radius 2 is 2.04 bits per heavy atom. The van der Waals surface area contributed by atoms with Crippen LogP contribution >= 0.6 is 0 Å². The number of rotatable bonds is 5.